The van der Waals surface area contributed by atoms with Crippen LogP contribution in [-0.4, -0.2) is 34.4 Å². The molecule has 1 saturated carbocycles. The average Bonchev–Trinajstić information content (AvgIpc) is 3.19. The highest BCUT2D eigenvalue weighted by atomic mass is 32.1. The maximum Gasteiger partial charge on any atom is 0.359 e. The van der Waals surface area contributed by atoms with Gasteiger partial charge in [0.15, 0.2) is 5.69 Å². The van der Waals surface area contributed by atoms with Crippen molar-refractivity contribution in [2.45, 2.75) is 45.1 Å². The molecule has 1 aliphatic rings. The zero-order valence-electron chi connectivity index (χ0n) is 17.5. The number of amides is 2. The number of hydrogen-bond acceptors (Lipinski definition) is 6. The molecule has 0 unspecified atom stereocenters. The van der Waals surface area contributed by atoms with E-state index in [4.69, 9.17) is 4.74 Å². The minimum absolute atomic E-state index is 0.0530. The summed E-state index contributed by atoms with van der Waals surface area (Å²) >= 11 is 1.13. The monoisotopic (exact) mass is 458 g/mol. The molecule has 10 heteroatoms. The van der Waals surface area contributed by atoms with E-state index in [1.807, 2.05) is 0 Å². The zero-order valence-corrected chi connectivity index (χ0v) is 18.3. The number of thiophene rings is 1. The predicted octanol–water partition coefficient (Wildman–Crippen LogP) is 4.22. The zero-order chi connectivity index (χ0) is 22.7. The first-order valence-electron chi connectivity index (χ1n) is 10.5. The number of hydrogen-bond donors (Lipinski definition) is 2. The summed E-state index contributed by atoms with van der Waals surface area (Å²) in [6.07, 6.45) is 5.16. The van der Waals surface area contributed by atoms with Crippen molar-refractivity contribution in [2.24, 2.45) is 0 Å². The number of benzene rings is 1. The molecule has 2 aromatic heterocycles. The molecule has 0 bridgehead atoms. The van der Waals surface area contributed by atoms with E-state index in [2.05, 4.69) is 15.7 Å². The van der Waals surface area contributed by atoms with Crippen LogP contribution in [0, 0.1) is 5.82 Å². The third-order valence-corrected chi connectivity index (χ3v) is 6.26. The minimum Gasteiger partial charge on any atom is -0.461 e. The maximum atomic E-state index is 13.4. The van der Waals surface area contributed by atoms with Crippen molar-refractivity contribution in [3.8, 4) is 5.69 Å². The third kappa shape index (κ3) is 4.50. The Morgan fingerprint density at radius 3 is 2.62 bits per heavy atom. The molecule has 1 aliphatic carbocycles. The van der Waals surface area contributed by atoms with E-state index < -0.39 is 23.4 Å². The largest absolute Gasteiger partial charge is 0.461 e. The Kier molecular flexibility index (Phi) is 6.50. The second-order valence-corrected chi connectivity index (χ2v) is 8.43. The van der Waals surface area contributed by atoms with Crippen LogP contribution in [0.1, 0.15) is 49.5 Å². The molecule has 4 rings (SSSR count). The molecule has 8 nitrogen and oxygen atoms in total. The van der Waals surface area contributed by atoms with Gasteiger partial charge in [-0.25, -0.2) is 14.0 Å². The van der Waals surface area contributed by atoms with Crippen LogP contribution in [0.25, 0.3) is 16.5 Å². The smallest absolute Gasteiger partial charge is 0.359 e. The van der Waals surface area contributed by atoms with Gasteiger partial charge in [-0.15, -0.1) is 11.3 Å². The van der Waals surface area contributed by atoms with Gasteiger partial charge in [0.2, 0.25) is 0 Å². The van der Waals surface area contributed by atoms with E-state index in [1.165, 1.54) is 30.7 Å². The fraction of sp³-hybridized carbons (Fsp3) is 0.364. The Labute approximate surface area is 187 Å². The summed E-state index contributed by atoms with van der Waals surface area (Å²) < 4.78 is 19.5. The van der Waals surface area contributed by atoms with Crippen LogP contribution >= 0.6 is 11.3 Å². The van der Waals surface area contributed by atoms with E-state index in [0.717, 1.165) is 41.7 Å². The van der Waals surface area contributed by atoms with E-state index >= 15 is 0 Å². The second kappa shape index (κ2) is 9.47. The lowest BCUT2D eigenvalue weighted by Crippen LogP contribution is -2.39. The molecular weight excluding hydrogens is 435 g/mol. The number of nitrogens with one attached hydrogen (secondary N) is 2. The number of aromatic nitrogens is 2. The van der Waals surface area contributed by atoms with Gasteiger partial charge in [-0.05, 0) is 44.0 Å². The van der Waals surface area contributed by atoms with Crippen molar-refractivity contribution < 1.29 is 18.7 Å². The first-order valence-corrected chi connectivity index (χ1v) is 11.4. The number of carbonyl (C=O) groups is 2. The summed E-state index contributed by atoms with van der Waals surface area (Å²) in [5, 5.41) is 12.2. The Bertz CT molecular complexity index is 1200. The highest BCUT2D eigenvalue weighted by molar-refractivity contribution is 7.16. The van der Waals surface area contributed by atoms with Gasteiger partial charge < -0.3 is 10.1 Å². The highest BCUT2D eigenvalue weighted by Crippen LogP contribution is 2.31. The molecular formula is C22H23FN4O4S. The SMILES string of the molecule is CCOC(=O)c1nn(-c2ccc(F)cc2)c(=O)c2c(NC(=O)NC3CCCCC3)scc12. The van der Waals surface area contributed by atoms with Crippen LogP contribution in [0.15, 0.2) is 34.4 Å². The average molecular weight is 459 g/mol. The van der Waals surface area contributed by atoms with Gasteiger partial charge in [-0.2, -0.15) is 9.78 Å². The lowest BCUT2D eigenvalue weighted by molar-refractivity contribution is 0.0520. The minimum atomic E-state index is -0.690. The standard InChI is InChI=1S/C22H23FN4O4S/c1-2-31-21(29)18-16-12-32-19(25-22(30)24-14-6-4-3-5-7-14)17(16)20(28)27(26-18)15-10-8-13(23)9-11-15/h8-12,14H,2-7H2,1H3,(H2,24,25,30). The number of urea groups is 1. The summed E-state index contributed by atoms with van der Waals surface area (Å²) in [6.45, 7) is 1.80. The Hall–Kier alpha value is -3.27. The molecule has 0 aliphatic heterocycles. The summed E-state index contributed by atoms with van der Waals surface area (Å²) in [5.41, 5.74) is -0.302. The number of halogens is 1. The van der Waals surface area contributed by atoms with Crippen LogP contribution in [-0.2, 0) is 4.74 Å². The first kappa shape index (κ1) is 21.9. The van der Waals surface area contributed by atoms with Crippen molar-refractivity contribution in [1.82, 2.24) is 15.1 Å². The van der Waals surface area contributed by atoms with E-state index in [1.54, 1.807) is 12.3 Å². The lowest BCUT2D eigenvalue weighted by Gasteiger charge is -2.22. The fourth-order valence-corrected chi connectivity index (χ4v) is 4.75. The molecule has 2 N–H and O–H groups in total. The van der Waals surface area contributed by atoms with Crippen molar-refractivity contribution >= 4 is 39.1 Å². The number of nitrogens with zero attached hydrogens (tertiary/aromatic N) is 2. The van der Waals surface area contributed by atoms with Crippen LogP contribution < -0.4 is 16.2 Å². The van der Waals surface area contributed by atoms with Crippen molar-refractivity contribution in [1.29, 1.82) is 0 Å². The van der Waals surface area contributed by atoms with Gasteiger partial charge in [0.25, 0.3) is 5.56 Å². The Morgan fingerprint density at radius 2 is 1.94 bits per heavy atom. The molecule has 0 atom stereocenters. The van der Waals surface area contributed by atoms with Gasteiger partial charge in [0.05, 0.1) is 17.7 Å². The van der Waals surface area contributed by atoms with Gasteiger partial charge in [0.1, 0.15) is 10.8 Å². The molecule has 0 radical (unpaired) electrons. The maximum absolute atomic E-state index is 13.4. The summed E-state index contributed by atoms with van der Waals surface area (Å²) in [4.78, 5) is 38.4. The fourth-order valence-electron chi connectivity index (χ4n) is 3.82. The van der Waals surface area contributed by atoms with Gasteiger partial charge in [0, 0.05) is 16.8 Å². The molecule has 2 heterocycles. The van der Waals surface area contributed by atoms with Gasteiger partial charge >= 0.3 is 12.0 Å². The summed E-state index contributed by atoms with van der Waals surface area (Å²) in [6, 6.07) is 4.87. The normalized spacial score (nSPS) is 14.3. The number of ether oxygens (including phenoxy) is 1. The molecule has 32 heavy (non-hydrogen) atoms. The lowest BCUT2D eigenvalue weighted by atomic mass is 9.96. The number of rotatable bonds is 5. The first-order chi connectivity index (χ1) is 15.5. The van der Waals surface area contributed by atoms with Crippen LogP contribution in [0.4, 0.5) is 14.2 Å². The van der Waals surface area contributed by atoms with Crippen LogP contribution in [0.2, 0.25) is 0 Å². The Morgan fingerprint density at radius 1 is 1.22 bits per heavy atom. The van der Waals surface area contributed by atoms with Crippen molar-refractivity contribution in [3.63, 3.8) is 0 Å². The number of anilines is 1. The molecule has 168 valence electrons. The molecule has 3 aromatic rings. The molecule has 1 fully saturated rings. The molecule has 0 spiro atoms. The number of esters is 1. The highest BCUT2D eigenvalue weighted by Gasteiger charge is 2.24. The summed E-state index contributed by atoms with van der Waals surface area (Å²) in [7, 11) is 0. The van der Waals surface area contributed by atoms with E-state index in [-0.39, 0.29) is 29.4 Å². The van der Waals surface area contributed by atoms with E-state index in [0.29, 0.717) is 10.4 Å². The van der Waals surface area contributed by atoms with Crippen molar-refractivity contribution in [2.75, 3.05) is 11.9 Å². The number of fused-ring (bicyclic) bond motifs is 1. The van der Waals surface area contributed by atoms with Crippen LogP contribution in [0.3, 0.4) is 0 Å². The summed E-state index contributed by atoms with van der Waals surface area (Å²) in [5.74, 6) is -1.16. The van der Waals surface area contributed by atoms with E-state index in [9.17, 15) is 18.8 Å². The third-order valence-electron chi connectivity index (χ3n) is 5.36. The number of carbonyl (C=O) groups excluding carboxylic acids is 2. The molecule has 2 amide bonds. The quantitative estimate of drug-likeness (QED) is 0.558. The molecule has 0 saturated heterocycles. The van der Waals surface area contributed by atoms with Crippen molar-refractivity contribution in [3.05, 3.63) is 51.5 Å². The Balaban J connectivity index is 1.75. The predicted molar refractivity (Wildman–Crippen MR) is 120 cm³/mol. The topological polar surface area (TPSA) is 102 Å². The molecule has 1 aromatic carbocycles. The van der Waals surface area contributed by atoms with Gasteiger partial charge in [-0.1, -0.05) is 19.3 Å². The van der Waals surface area contributed by atoms with Gasteiger partial charge in [-0.3, -0.25) is 10.1 Å². The van der Waals surface area contributed by atoms with Crippen LogP contribution in [0.5, 0.6) is 0 Å². The second-order valence-electron chi connectivity index (χ2n) is 7.55.